The van der Waals surface area contributed by atoms with Crippen molar-refractivity contribution >= 4 is 0 Å². The second-order valence-electron chi connectivity index (χ2n) is 3.58. The molecule has 3 N–H and O–H groups in total. The summed E-state index contributed by atoms with van der Waals surface area (Å²) in [4.78, 5) is 0. The number of phenolic OH excluding ortho intramolecular Hbond substituents is 1. The van der Waals surface area contributed by atoms with Crippen molar-refractivity contribution in [3.05, 3.63) is 23.8 Å². The Hall–Kier alpha value is -1.26. The smallest absolute Gasteiger partial charge is 0.162 e. The second-order valence-corrected chi connectivity index (χ2v) is 3.58. The van der Waals surface area contributed by atoms with Crippen LogP contribution in [0.1, 0.15) is 18.4 Å². The van der Waals surface area contributed by atoms with E-state index in [4.69, 9.17) is 9.84 Å². The van der Waals surface area contributed by atoms with Gasteiger partial charge in [0.1, 0.15) is 0 Å². The standard InChI is InChI=1S/C12H19NO3/c1-16-11-6-4-5-10(12(11)15)9-13-7-2-3-8-14/h4-6,13-15H,2-3,7-9H2,1H3. The highest BCUT2D eigenvalue weighted by Crippen LogP contribution is 2.28. The monoisotopic (exact) mass is 225 g/mol. The van der Waals surface area contributed by atoms with Crippen LogP contribution in [0.25, 0.3) is 0 Å². The molecule has 0 aliphatic heterocycles. The van der Waals surface area contributed by atoms with Crippen LogP contribution in [0.15, 0.2) is 18.2 Å². The number of nitrogens with one attached hydrogen (secondary N) is 1. The number of unbranched alkanes of at least 4 members (excludes halogenated alkanes) is 1. The fraction of sp³-hybridized carbons (Fsp3) is 0.500. The maximum Gasteiger partial charge on any atom is 0.162 e. The minimum Gasteiger partial charge on any atom is -0.504 e. The van der Waals surface area contributed by atoms with E-state index in [-0.39, 0.29) is 12.4 Å². The molecular weight excluding hydrogens is 206 g/mol. The van der Waals surface area contributed by atoms with E-state index in [0.717, 1.165) is 24.9 Å². The number of aliphatic hydroxyl groups excluding tert-OH is 1. The molecule has 0 atom stereocenters. The van der Waals surface area contributed by atoms with Crippen molar-refractivity contribution in [3.8, 4) is 11.5 Å². The molecule has 90 valence electrons. The Kier molecular flexibility index (Phi) is 5.67. The van der Waals surface area contributed by atoms with Crippen molar-refractivity contribution in [1.29, 1.82) is 0 Å². The van der Waals surface area contributed by atoms with Gasteiger partial charge in [-0.05, 0) is 25.5 Å². The summed E-state index contributed by atoms with van der Waals surface area (Å²) in [5, 5.41) is 21.6. The van der Waals surface area contributed by atoms with Gasteiger partial charge < -0.3 is 20.3 Å². The van der Waals surface area contributed by atoms with E-state index in [9.17, 15) is 5.11 Å². The van der Waals surface area contributed by atoms with Gasteiger partial charge in [-0.25, -0.2) is 0 Å². The molecule has 0 saturated carbocycles. The zero-order valence-corrected chi connectivity index (χ0v) is 9.57. The molecule has 1 rings (SSSR count). The Morgan fingerprint density at radius 1 is 1.31 bits per heavy atom. The Bertz CT molecular complexity index is 315. The highest BCUT2D eigenvalue weighted by Gasteiger charge is 2.05. The molecule has 16 heavy (non-hydrogen) atoms. The van der Waals surface area contributed by atoms with Gasteiger partial charge in [-0.3, -0.25) is 0 Å². The Morgan fingerprint density at radius 3 is 2.81 bits per heavy atom. The number of phenols is 1. The van der Waals surface area contributed by atoms with E-state index >= 15 is 0 Å². The van der Waals surface area contributed by atoms with Gasteiger partial charge >= 0.3 is 0 Å². The number of methoxy groups -OCH3 is 1. The highest BCUT2D eigenvalue weighted by atomic mass is 16.5. The van der Waals surface area contributed by atoms with Crippen molar-refractivity contribution in [2.45, 2.75) is 19.4 Å². The molecular formula is C12H19NO3. The van der Waals surface area contributed by atoms with Crippen molar-refractivity contribution in [1.82, 2.24) is 5.32 Å². The highest BCUT2D eigenvalue weighted by molar-refractivity contribution is 5.45. The first-order valence-electron chi connectivity index (χ1n) is 5.46. The molecule has 0 aliphatic rings. The third kappa shape index (κ3) is 3.72. The average molecular weight is 225 g/mol. The van der Waals surface area contributed by atoms with Gasteiger partial charge in [-0.1, -0.05) is 12.1 Å². The van der Waals surface area contributed by atoms with E-state index < -0.39 is 0 Å². The third-order valence-electron chi connectivity index (χ3n) is 2.38. The lowest BCUT2D eigenvalue weighted by Gasteiger charge is -2.09. The quantitative estimate of drug-likeness (QED) is 0.611. The summed E-state index contributed by atoms with van der Waals surface area (Å²) in [5.74, 6) is 0.689. The summed E-state index contributed by atoms with van der Waals surface area (Å²) in [6, 6.07) is 5.44. The molecule has 1 aromatic carbocycles. The topological polar surface area (TPSA) is 61.7 Å². The van der Waals surface area contributed by atoms with E-state index in [1.807, 2.05) is 12.1 Å². The zero-order chi connectivity index (χ0) is 11.8. The number of rotatable bonds is 7. The number of hydrogen-bond donors (Lipinski definition) is 3. The molecule has 0 saturated heterocycles. The summed E-state index contributed by atoms with van der Waals surface area (Å²) in [5.41, 5.74) is 0.823. The van der Waals surface area contributed by atoms with Gasteiger partial charge in [0.25, 0.3) is 0 Å². The number of aliphatic hydroxyl groups is 1. The van der Waals surface area contributed by atoms with Crippen LogP contribution in [0.2, 0.25) is 0 Å². The molecule has 4 nitrogen and oxygen atoms in total. The second kappa shape index (κ2) is 7.09. The summed E-state index contributed by atoms with van der Waals surface area (Å²) in [7, 11) is 1.54. The van der Waals surface area contributed by atoms with Crippen LogP contribution in [-0.4, -0.2) is 30.5 Å². The van der Waals surface area contributed by atoms with Crippen LogP contribution in [-0.2, 0) is 6.54 Å². The van der Waals surface area contributed by atoms with Crippen molar-refractivity contribution in [2.75, 3.05) is 20.3 Å². The number of benzene rings is 1. The maximum atomic E-state index is 9.79. The fourth-order valence-corrected chi connectivity index (χ4v) is 1.46. The summed E-state index contributed by atoms with van der Waals surface area (Å²) < 4.78 is 5.02. The van der Waals surface area contributed by atoms with Crippen LogP contribution in [0.3, 0.4) is 0 Å². The van der Waals surface area contributed by atoms with Gasteiger partial charge in [-0.15, -0.1) is 0 Å². The van der Waals surface area contributed by atoms with Crippen LogP contribution >= 0.6 is 0 Å². The Morgan fingerprint density at radius 2 is 2.12 bits per heavy atom. The number of ether oxygens (including phenoxy) is 1. The minimum atomic E-state index is 0.194. The predicted molar refractivity (Wildman–Crippen MR) is 62.7 cm³/mol. The van der Waals surface area contributed by atoms with E-state index in [2.05, 4.69) is 5.32 Å². The van der Waals surface area contributed by atoms with Crippen LogP contribution in [0, 0.1) is 0 Å². The molecule has 0 fully saturated rings. The fourth-order valence-electron chi connectivity index (χ4n) is 1.46. The number of aromatic hydroxyl groups is 1. The van der Waals surface area contributed by atoms with Gasteiger partial charge in [0.15, 0.2) is 11.5 Å². The first-order valence-corrected chi connectivity index (χ1v) is 5.46. The SMILES string of the molecule is COc1cccc(CNCCCCO)c1O. The average Bonchev–Trinajstić information content (AvgIpc) is 2.31. The molecule has 0 heterocycles. The van der Waals surface area contributed by atoms with Crippen LogP contribution < -0.4 is 10.1 Å². The van der Waals surface area contributed by atoms with Gasteiger partial charge in [0.2, 0.25) is 0 Å². The molecule has 0 unspecified atom stereocenters. The Balaban J connectivity index is 2.41. The van der Waals surface area contributed by atoms with E-state index in [1.165, 1.54) is 7.11 Å². The van der Waals surface area contributed by atoms with Crippen molar-refractivity contribution in [3.63, 3.8) is 0 Å². The van der Waals surface area contributed by atoms with Crippen LogP contribution in [0.5, 0.6) is 11.5 Å². The summed E-state index contributed by atoms with van der Waals surface area (Å²) in [6.45, 7) is 1.66. The molecule has 0 aromatic heterocycles. The lowest BCUT2D eigenvalue weighted by Crippen LogP contribution is -2.15. The van der Waals surface area contributed by atoms with E-state index in [1.54, 1.807) is 6.07 Å². The van der Waals surface area contributed by atoms with Crippen molar-refractivity contribution in [2.24, 2.45) is 0 Å². The minimum absolute atomic E-state index is 0.194. The maximum absolute atomic E-state index is 9.79. The van der Waals surface area contributed by atoms with E-state index in [0.29, 0.717) is 12.3 Å². The molecule has 0 bridgehead atoms. The lowest BCUT2D eigenvalue weighted by molar-refractivity contribution is 0.283. The molecule has 4 heteroatoms. The summed E-state index contributed by atoms with van der Waals surface area (Å²) >= 11 is 0. The van der Waals surface area contributed by atoms with Gasteiger partial charge in [-0.2, -0.15) is 0 Å². The van der Waals surface area contributed by atoms with Gasteiger partial charge in [0.05, 0.1) is 7.11 Å². The summed E-state index contributed by atoms with van der Waals surface area (Å²) in [6.07, 6.45) is 1.73. The first-order chi connectivity index (χ1) is 7.79. The zero-order valence-electron chi connectivity index (χ0n) is 9.57. The van der Waals surface area contributed by atoms with Crippen molar-refractivity contribution < 1.29 is 14.9 Å². The molecule has 1 aromatic rings. The molecule has 0 amide bonds. The Labute approximate surface area is 95.9 Å². The normalized spacial score (nSPS) is 10.4. The molecule has 0 radical (unpaired) electrons. The lowest BCUT2D eigenvalue weighted by atomic mass is 10.2. The number of hydrogen-bond acceptors (Lipinski definition) is 4. The third-order valence-corrected chi connectivity index (χ3v) is 2.38. The van der Waals surface area contributed by atoms with Crippen LogP contribution in [0.4, 0.5) is 0 Å². The predicted octanol–water partition coefficient (Wildman–Crippen LogP) is 1.26. The molecule has 0 aliphatic carbocycles. The largest absolute Gasteiger partial charge is 0.504 e. The van der Waals surface area contributed by atoms with Gasteiger partial charge in [0, 0.05) is 18.7 Å². The first kappa shape index (κ1) is 12.8. The number of para-hydroxylation sites is 1. The molecule has 0 spiro atoms.